The summed E-state index contributed by atoms with van der Waals surface area (Å²) in [6.07, 6.45) is 1.65. The number of hydrogen-bond donors (Lipinski definition) is 2. The van der Waals surface area contributed by atoms with Crippen LogP contribution in [-0.2, 0) is 16.1 Å². The predicted molar refractivity (Wildman–Crippen MR) is 185 cm³/mol. The second kappa shape index (κ2) is 13.9. The van der Waals surface area contributed by atoms with Crippen LogP contribution in [0.1, 0.15) is 30.0 Å². The molecule has 2 saturated heterocycles. The van der Waals surface area contributed by atoms with Crippen LogP contribution in [0, 0.1) is 0 Å². The highest BCUT2D eigenvalue weighted by Gasteiger charge is 2.32. The van der Waals surface area contributed by atoms with Crippen molar-refractivity contribution in [1.29, 1.82) is 0 Å². The van der Waals surface area contributed by atoms with Gasteiger partial charge in [0, 0.05) is 79.6 Å². The molecule has 0 radical (unpaired) electrons. The summed E-state index contributed by atoms with van der Waals surface area (Å²) in [6.45, 7) is 3.57. The fourth-order valence-corrected chi connectivity index (χ4v) is 7.26. The summed E-state index contributed by atoms with van der Waals surface area (Å²) in [5.74, 6) is 1.80. The Hall–Kier alpha value is -3.93. The molecule has 10 nitrogen and oxygen atoms in total. The minimum absolute atomic E-state index is 0.0889. The third-order valence-corrected chi connectivity index (χ3v) is 10.1. The molecule has 2 aromatic carbocycles. The molecule has 1 amide bonds. The number of halogens is 2. The quantitative estimate of drug-likeness (QED) is 0.198. The third kappa shape index (κ3) is 6.31. The number of carbonyl (C=O) groups excluding carboxylic acids is 1. The average Bonchev–Trinajstić information content (AvgIpc) is 3.70. The lowest BCUT2D eigenvalue weighted by Crippen LogP contribution is -2.50. The summed E-state index contributed by atoms with van der Waals surface area (Å²) in [4.78, 5) is 23.6. The Morgan fingerprint density at radius 2 is 1.58 bits per heavy atom. The number of nitrogens with zero attached hydrogens (tertiary/aromatic N) is 3. The molecular weight excluding hydrogens is 653 g/mol. The fourth-order valence-electron chi connectivity index (χ4n) is 6.61. The number of pyridine rings is 2. The van der Waals surface area contributed by atoms with Gasteiger partial charge in [-0.2, -0.15) is 0 Å². The molecule has 4 aromatic rings. The Morgan fingerprint density at radius 1 is 0.917 bits per heavy atom. The number of aromatic nitrogens is 2. The Kier molecular flexibility index (Phi) is 9.44. The van der Waals surface area contributed by atoms with Gasteiger partial charge in [-0.15, -0.1) is 0 Å². The number of likely N-dealkylation sites (tertiary alicyclic amines) is 1. The van der Waals surface area contributed by atoms with E-state index in [-0.39, 0.29) is 24.1 Å². The molecule has 3 aliphatic heterocycles. The number of fused-ring (bicyclic) bond motifs is 1. The number of methoxy groups -OCH3 is 3. The van der Waals surface area contributed by atoms with Gasteiger partial charge in [0.15, 0.2) is 0 Å². The minimum atomic E-state index is -0.114. The zero-order chi connectivity index (χ0) is 33.4. The molecule has 0 unspecified atom stereocenters. The van der Waals surface area contributed by atoms with Gasteiger partial charge in [-0.3, -0.25) is 9.69 Å². The Bertz CT molecular complexity index is 1850. The fraction of sp³-hybridized carbons (Fsp3) is 0.361. The van der Waals surface area contributed by atoms with E-state index in [4.69, 9.17) is 52.1 Å². The van der Waals surface area contributed by atoms with Gasteiger partial charge in [-0.25, -0.2) is 9.97 Å². The summed E-state index contributed by atoms with van der Waals surface area (Å²) < 4.78 is 22.9. The van der Waals surface area contributed by atoms with E-state index in [0.717, 1.165) is 59.4 Å². The van der Waals surface area contributed by atoms with E-state index in [0.29, 0.717) is 58.5 Å². The second-order valence-electron chi connectivity index (χ2n) is 12.3. The maximum Gasteiger partial charge on any atom is 0.222 e. The first-order valence-corrected chi connectivity index (χ1v) is 16.7. The molecular formula is C36H37Cl2N5O5. The summed E-state index contributed by atoms with van der Waals surface area (Å²) >= 11 is 14.2. The van der Waals surface area contributed by atoms with Gasteiger partial charge in [-0.1, -0.05) is 65.7 Å². The van der Waals surface area contributed by atoms with Crippen molar-refractivity contribution in [3.8, 4) is 51.2 Å². The first-order chi connectivity index (χ1) is 23.4. The van der Waals surface area contributed by atoms with E-state index in [2.05, 4.69) is 15.5 Å². The molecule has 2 aromatic heterocycles. The highest BCUT2D eigenvalue weighted by Crippen LogP contribution is 2.45. The van der Waals surface area contributed by atoms with E-state index < -0.39 is 0 Å². The van der Waals surface area contributed by atoms with Gasteiger partial charge in [0.05, 0.1) is 53.4 Å². The minimum Gasteiger partial charge on any atom is -0.491 e. The maximum atomic E-state index is 11.6. The van der Waals surface area contributed by atoms with Crippen molar-refractivity contribution in [1.82, 2.24) is 25.5 Å². The largest absolute Gasteiger partial charge is 0.491 e. The Labute approximate surface area is 289 Å². The van der Waals surface area contributed by atoms with Crippen molar-refractivity contribution in [2.45, 2.75) is 37.6 Å². The van der Waals surface area contributed by atoms with Crippen molar-refractivity contribution < 1.29 is 23.7 Å². The molecule has 2 atom stereocenters. The van der Waals surface area contributed by atoms with Crippen LogP contribution in [0.15, 0.2) is 54.6 Å². The van der Waals surface area contributed by atoms with Crippen LogP contribution in [0.25, 0.3) is 33.6 Å². The predicted octanol–water partition coefficient (Wildman–Crippen LogP) is 5.93. The van der Waals surface area contributed by atoms with Crippen LogP contribution in [-0.4, -0.2) is 80.5 Å². The highest BCUT2D eigenvalue weighted by molar-refractivity contribution is 6.39. The highest BCUT2D eigenvalue weighted by atomic mass is 35.5. The number of benzene rings is 2. The molecule has 0 bridgehead atoms. The zero-order valence-electron chi connectivity index (χ0n) is 27.0. The summed E-state index contributed by atoms with van der Waals surface area (Å²) in [5.41, 5.74) is 6.20. The normalized spacial score (nSPS) is 19.1. The molecule has 250 valence electrons. The lowest BCUT2D eigenvalue weighted by atomic mass is 9.97. The van der Waals surface area contributed by atoms with Gasteiger partial charge < -0.3 is 29.6 Å². The van der Waals surface area contributed by atoms with Crippen LogP contribution < -0.4 is 24.8 Å². The third-order valence-electron chi connectivity index (χ3n) is 9.25. The average molecular weight is 691 g/mol. The lowest BCUT2D eigenvalue weighted by Gasteiger charge is -2.38. The molecule has 0 spiro atoms. The van der Waals surface area contributed by atoms with Gasteiger partial charge in [0.1, 0.15) is 12.4 Å². The summed E-state index contributed by atoms with van der Waals surface area (Å²) in [7, 11) is 4.97. The standard InChI is InChI=1S/C36H37Cl2N5O5/c1-45-22-17-43(18-22)16-20-10-12-27(41-35(20)46-2)25-8-4-6-23(33(25)37)24-7-5-9-26(34(24)38)28-14-30-32(36(42-28)47-3)29(19-48-30)39-15-21-11-13-31(44)40-21/h4-10,12,14,21-22,29,39H,11,13,15-19H2,1-3H3,(H,40,44)/t21-,29+/m0/s1. The molecule has 0 aliphatic carbocycles. The van der Waals surface area contributed by atoms with Crippen molar-refractivity contribution in [3.05, 3.63) is 75.8 Å². The Balaban J connectivity index is 1.16. The van der Waals surface area contributed by atoms with E-state index in [1.54, 1.807) is 21.3 Å². The molecule has 5 heterocycles. The first kappa shape index (κ1) is 32.6. The number of hydrogen-bond acceptors (Lipinski definition) is 9. The molecule has 2 fully saturated rings. The maximum absolute atomic E-state index is 11.6. The van der Waals surface area contributed by atoms with Crippen LogP contribution in [0.4, 0.5) is 0 Å². The van der Waals surface area contributed by atoms with Crippen LogP contribution in [0.5, 0.6) is 17.5 Å². The van der Waals surface area contributed by atoms with Gasteiger partial charge in [0.25, 0.3) is 0 Å². The van der Waals surface area contributed by atoms with Crippen molar-refractivity contribution in [2.75, 3.05) is 47.6 Å². The molecule has 3 aliphatic rings. The second-order valence-corrected chi connectivity index (χ2v) is 13.0. The molecule has 0 saturated carbocycles. The van der Waals surface area contributed by atoms with Crippen LogP contribution in [0.2, 0.25) is 10.0 Å². The van der Waals surface area contributed by atoms with E-state index in [1.165, 1.54) is 0 Å². The molecule has 48 heavy (non-hydrogen) atoms. The summed E-state index contributed by atoms with van der Waals surface area (Å²) in [5, 5.41) is 7.53. The van der Waals surface area contributed by atoms with Crippen LogP contribution in [0.3, 0.4) is 0 Å². The molecule has 2 N–H and O–H groups in total. The van der Waals surface area contributed by atoms with Crippen molar-refractivity contribution in [2.24, 2.45) is 0 Å². The van der Waals surface area contributed by atoms with Gasteiger partial charge >= 0.3 is 0 Å². The zero-order valence-corrected chi connectivity index (χ0v) is 28.5. The van der Waals surface area contributed by atoms with Gasteiger partial charge in [-0.05, 0) is 12.5 Å². The SMILES string of the molecule is COc1nc(-c2cccc(-c3cccc(-c4cc5c(c(OC)n4)[C@H](NC[C@@H]4CCC(=O)N4)CO5)c3Cl)c2Cl)ccc1CN1CC(OC)C1. The molecule has 7 rings (SSSR count). The number of carbonyl (C=O) groups is 1. The van der Waals surface area contributed by atoms with Gasteiger partial charge in [0.2, 0.25) is 17.7 Å². The van der Waals surface area contributed by atoms with Crippen molar-refractivity contribution in [3.63, 3.8) is 0 Å². The number of amides is 1. The van der Waals surface area contributed by atoms with E-state index in [1.807, 2.05) is 54.6 Å². The molecule has 12 heteroatoms. The summed E-state index contributed by atoms with van der Waals surface area (Å²) in [6, 6.07) is 17.5. The Morgan fingerprint density at radius 3 is 2.23 bits per heavy atom. The monoisotopic (exact) mass is 689 g/mol. The number of ether oxygens (including phenoxy) is 4. The lowest BCUT2D eigenvalue weighted by molar-refractivity contribution is -0.119. The smallest absolute Gasteiger partial charge is 0.222 e. The van der Waals surface area contributed by atoms with Crippen molar-refractivity contribution >= 4 is 29.1 Å². The van der Waals surface area contributed by atoms with E-state index in [9.17, 15) is 4.79 Å². The van der Waals surface area contributed by atoms with E-state index >= 15 is 0 Å². The topological polar surface area (TPSA) is 107 Å². The number of nitrogens with one attached hydrogen (secondary N) is 2. The first-order valence-electron chi connectivity index (χ1n) is 16.0. The number of rotatable bonds is 11. The van der Waals surface area contributed by atoms with Crippen LogP contribution >= 0.6 is 23.2 Å².